The normalized spacial score (nSPS) is 21.1. The Morgan fingerprint density at radius 1 is 0.857 bits per heavy atom. The van der Waals surface area contributed by atoms with Crippen LogP contribution in [0.4, 0.5) is 16.3 Å². The number of anilines is 2. The van der Waals surface area contributed by atoms with Gasteiger partial charge >= 0.3 is 0 Å². The molecule has 63 heavy (non-hydrogen) atoms. The third kappa shape index (κ3) is 8.70. The van der Waals surface area contributed by atoms with E-state index in [1.807, 2.05) is 63.0 Å². The van der Waals surface area contributed by atoms with Crippen molar-refractivity contribution in [3.8, 4) is 56.5 Å². The summed E-state index contributed by atoms with van der Waals surface area (Å²) in [7, 11) is 1.90. The predicted octanol–water partition coefficient (Wildman–Crippen LogP) is 5.33. The van der Waals surface area contributed by atoms with Crippen LogP contribution >= 0.6 is 0 Å². The van der Waals surface area contributed by atoms with Crippen LogP contribution in [0.5, 0.6) is 11.5 Å². The molecule has 6 heterocycles. The number of phenols is 2. The Bertz CT molecular complexity index is 2740. The maximum Gasteiger partial charge on any atom is 0.245 e. The van der Waals surface area contributed by atoms with Crippen LogP contribution in [-0.2, 0) is 13.6 Å². The van der Waals surface area contributed by atoms with E-state index in [1.54, 1.807) is 36.5 Å². The van der Waals surface area contributed by atoms with Gasteiger partial charge in [-0.25, -0.2) is 14.4 Å². The number of aromatic nitrogens is 12. The van der Waals surface area contributed by atoms with E-state index in [1.165, 1.54) is 11.0 Å². The molecule has 0 saturated carbocycles. The van der Waals surface area contributed by atoms with Crippen molar-refractivity contribution < 1.29 is 14.6 Å². The molecule has 3 aromatic carbocycles. The van der Waals surface area contributed by atoms with Crippen molar-refractivity contribution in [2.24, 2.45) is 7.05 Å². The fraction of sp³-hybridized carbons (Fsp3) is 0.409. The topological polar surface area (TPSA) is 219 Å². The SMILES string of the molecule is CC(C)NC1CCN(c2ncc(-c3ccc(-c4nnn(CCC5(C)NC(C)(C)CC(Nc6ncc(-c7ccc(-c8ccc9c(cnn9C)c8)cc7O)nn6)[C@@H]5F)n4)cc3O)nn2)C1. The first kappa shape index (κ1) is 41.6. The lowest BCUT2D eigenvalue weighted by Crippen LogP contribution is -2.68. The zero-order valence-corrected chi connectivity index (χ0v) is 36.1. The van der Waals surface area contributed by atoms with E-state index in [0.717, 1.165) is 41.5 Å². The van der Waals surface area contributed by atoms with Crippen LogP contribution in [0.1, 0.15) is 53.9 Å². The lowest BCUT2D eigenvalue weighted by molar-refractivity contribution is 0.0432. The highest BCUT2D eigenvalue weighted by Crippen LogP contribution is 2.37. The maximum atomic E-state index is 16.6. The summed E-state index contributed by atoms with van der Waals surface area (Å²) in [5.41, 5.74) is 3.72. The van der Waals surface area contributed by atoms with Gasteiger partial charge in [0.05, 0.1) is 42.2 Å². The quantitative estimate of drug-likeness (QED) is 0.105. The van der Waals surface area contributed by atoms with E-state index in [4.69, 9.17) is 0 Å². The van der Waals surface area contributed by atoms with Crippen LogP contribution in [0.2, 0.25) is 0 Å². The minimum absolute atomic E-state index is 0.0215. The number of alkyl halides is 1. The lowest BCUT2D eigenvalue weighted by Gasteiger charge is -2.50. The second kappa shape index (κ2) is 16.5. The molecule has 7 aromatic rings. The summed E-state index contributed by atoms with van der Waals surface area (Å²) >= 11 is 0. The average Bonchev–Trinajstić information content (AvgIpc) is 4.02. The molecule has 0 radical (unpaired) electrons. The summed E-state index contributed by atoms with van der Waals surface area (Å²) in [6.45, 7) is 12.1. The number of hydrogen-bond donors (Lipinski definition) is 5. The van der Waals surface area contributed by atoms with E-state index < -0.39 is 23.3 Å². The summed E-state index contributed by atoms with van der Waals surface area (Å²) in [5.74, 6) is 1.07. The molecule has 0 spiro atoms. The van der Waals surface area contributed by atoms with E-state index in [2.05, 4.69) is 85.6 Å². The average molecular weight is 855 g/mol. The molecule has 4 atom stereocenters. The van der Waals surface area contributed by atoms with Gasteiger partial charge in [-0.2, -0.15) is 9.90 Å². The Kier molecular flexibility index (Phi) is 10.9. The van der Waals surface area contributed by atoms with Crippen LogP contribution in [0.25, 0.3) is 55.9 Å². The number of nitrogens with one attached hydrogen (secondary N) is 3. The molecule has 0 bridgehead atoms. The van der Waals surface area contributed by atoms with Crippen molar-refractivity contribution in [1.29, 1.82) is 0 Å². The zero-order valence-electron chi connectivity index (χ0n) is 36.1. The summed E-state index contributed by atoms with van der Waals surface area (Å²) in [5, 5.41) is 67.9. The molecule has 2 aliphatic heterocycles. The number of aromatic hydroxyl groups is 2. The first-order valence-corrected chi connectivity index (χ1v) is 21.2. The number of phenolic OH excluding ortho intramolecular Hbond substituents is 2. The molecule has 2 fully saturated rings. The number of piperidine rings is 1. The Morgan fingerprint density at radius 3 is 2.25 bits per heavy atom. The van der Waals surface area contributed by atoms with Gasteiger partial charge in [-0.3, -0.25) is 4.68 Å². The number of nitrogens with zero attached hydrogens (tertiary/aromatic N) is 13. The summed E-state index contributed by atoms with van der Waals surface area (Å²) in [4.78, 5) is 12.5. The smallest absolute Gasteiger partial charge is 0.245 e. The van der Waals surface area contributed by atoms with Crippen LogP contribution in [0, 0.1) is 0 Å². The highest BCUT2D eigenvalue weighted by molar-refractivity contribution is 5.85. The second-order valence-electron chi connectivity index (χ2n) is 17.8. The molecule has 5 N–H and O–H groups in total. The van der Waals surface area contributed by atoms with Gasteiger partial charge in [-0.15, -0.1) is 30.6 Å². The molecule has 9 rings (SSSR count). The highest BCUT2D eigenvalue weighted by Gasteiger charge is 2.49. The second-order valence-corrected chi connectivity index (χ2v) is 17.8. The first-order valence-electron chi connectivity index (χ1n) is 21.2. The summed E-state index contributed by atoms with van der Waals surface area (Å²) in [6.07, 6.45) is 5.39. The molecule has 4 aromatic heterocycles. The number of hydrogen-bond acceptors (Lipinski definition) is 16. The zero-order chi connectivity index (χ0) is 44.0. The minimum Gasteiger partial charge on any atom is -0.507 e. The van der Waals surface area contributed by atoms with Crippen molar-refractivity contribution >= 4 is 22.8 Å². The lowest BCUT2D eigenvalue weighted by atomic mass is 9.75. The van der Waals surface area contributed by atoms with Crippen molar-refractivity contribution in [2.45, 2.75) is 95.8 Å². The number of halogens is 1. The van der Waals surface area contributed by atoms with Crippen molar-refractivity contribution in [1.82, 2.24) is 71.0 Å². The number of benzene rings is 3. The van der Waals surface area contributed by atoms with E-state index >= 15 is 4.39 Å². The number of aryl methyl sites for hydroxylation is 2. The largest absolute Gasteiger partial charge is 0.507 e. The van der Waals surface area contributed by atoms with Gasteiger partial charge in [0.2, 0.25) is 17.7 Å². The van der Waals surface area contributed by atoms with Gasteiger partial charge in [0.25, 0.3) is 0 Å². The molecule has 0 amide bonds. The number of tetrazole rings is 1. The van der Waals surface area contributed by atoms with Gasteiger partial charge in [-0.1, -0.05) is 32.0 Å². The molecule has 3 unspecified atom stereocenters. The highest BCUT2D eigenvalue weighted by atomic mass is 19.1. The third-order valence-electron chi connectivity index (χ3n) is 12.0. The van der Waals surface area contributed by atoms with E-state index in [9.17, 15) is 10.2 Å². The van der Waals surface area contributed by atoms with Crippen LogP contribution in [0.3, 0.4) is 0 Å². The number of rotatable bonds is 12. The number of fused-ring (bicyclic) bond motifs is 1. The maximum absolute atomic E-state index is 16.6. The Morgan fingerprint density at radius 2 is 1.56 bits per heavy atom. The molecule has 0 aliphatic carbocycles. The monoisotopic (exact) mass is 854 g/mol. The van der Waals surface area contributed by atoms with Gasteiger partial charge in [0, 0.05) is 59.8 Å². The predicted molar refractivity (Wildman–Crippen MR) is 236 cm³/mol. The molecule has 326 valence electrons. The van der Waals surface area contributed by atoms with Crippen molar-refractivity contribution in [2.75, 3.05) is 23.3 Å². The minimum atomic E-state index is -1.36. The van der Waals surface area contributed by atoms with Crippen LogP contribution < -0.4 is 20.9 Å². The summed E-state index contributed by atoms with van der Waals surface area (Å²) < 4.78 is 18.4. The van der Waals surface area contributed by atoms with Gasteiger partial charge < -0.3 is 31.1 Å². The van der Waals surface area contributed by atoms with Crippen molar-refractivity contribution in [3.05, 3.63) is 73.2 Å². The fourth-order valence-corrected chi connectivity index (χ4v) is 8.98. The van der Waals surface area contributed by atoms with Gasteiger partial charge in [0.1, 0.15) is 29.1 Å². The third-order valence-corrected chi connectivity index (χ3v) is 12.0. The molecular weight excluding hydrogens is 804 g/mol. The summed E-state index contributed by atoms with van der Waals surface area (Å²) in [6, 6.07) is 16.6. The van der Waals surface area contributed by atoms with E-state index in [0.29, 0.717) is 64.8 Å². The Balaban J connectivity index is 0.823. The molecule has 19 heteroatoms. The Labute approximate surface area is 363 Å². The molecule has 2 aliphatic rings. The standard InChI is InChI=1S/C44H51FN16O2/c1-25(2)49-30-13-15-60(24-30)42-47-23-35(52-55-42)32-11-8-28(19-38(32)63)40-53-58-61(56-40)16-14-44(5)39(45)33(20-43(3,4)57-44)50-41-46-22-34(51-54-41)31-10-7-27(18-37(31)62)26-9-12-36-29(17-26)21-48-59(36)6/h7-12,17-19,21-23,25,30,33,39,49,57,62-63H,13-16,20,24H2,1-6H3,(H,46,50,54)/t30?,33?,39-,44?/m0/s1. The van der Waals surface area contributed by atoms with E-state index in [-0.39, 0.29) is 24.0 Å². The Hall–Kier alpha value is -6.73. The van der Waals surface area contributed by atoms with Gasteiger partial charge in [0.15, 0.2) is 0 Å². The fourth-order valence-electron chi connectivity index (χ4n) is 8.98. The van der Waals surface area contributed by atoms with Crippen molar-refractivity contribution in [3.63, 3.8) is 0 Å². The molecule has 2 saturated heterocycles. The van der Waals surface area contributed by atoms with Gasteiger partial charge in [-0.05, 0) is 92.8 Å². The molecule has 18 nitrogen and oxygen atoms in total. The van der Waals surface area contributed by atoms with Crippen LogP contribution in [0.15, 0.2) is 73.2 Å². The first-order chi connectivity index (χ1) is 30.2. The molecular formula is C44H51FN16O2. The van der Waals surface area contributed by atoms with Crippen LogP contribution in [-0.4, -0.2) is 119 Å².